The fraction of sp³-hybridized carbons (Fsp3) is 0.300. The Morgan fingerprint density at radius 2 is 1.96 bits per heavy atom. The summed E-state index contributed by atoms with van der Waals surface area (Å²) < 4.78 is 7.12. The van der Waals surface area contributed by atoms with Crippen molar-refractivity contribution in [1.82, 2.24) is 9.55 Å². The molecule has 0 radical (unpaired) electrons. The first kappa shape index (κ1) is 17.0. The molecule has 0 saturated heterocycles. The zero-order valence-corrected chi connectivity index (χ0v) is 14.8. The Kier molecular flexibility index (Phi) is 4.74. The van der Waals surface area contributed by atoms with Gasteiger partial charge in [-0.2, -0.15) is 0 Å². The van der Waals surface area contributed by atoms with Crippen LogP contribution in [0.2, 0.25) is 0 Å². The summed E-state index contributed by atoms with van der Waals surface area (Å²) in [6.07, 6.45) is 2.75. The van der Waals surface area contributed by atoms with Crippen LogP contribution in [0.1, 0.15) is 33.7 Å². The number of Topliss-reactive ketones (excluding diaryl/α,β-unsaturated/α-hetero) is 1. The summed E-state index contributed by atoms with van der Waals surface area (Å²) in [6, 6.07) is 9.80. The third-order valence-electron chi connectivity index (χ3n) is 4.71. The van der Waals surface area contributed by atoms with Crippen molar-refractivity contribution in [1.29, 1.82) is 0 Å². The molecule has 0 unspecified atom stereocenters. The summed E-state index contributed by atoms with van der Waals surface area (Å²) in [4.78, 5) is 27.4. The molecule has 2 heterocycles. The predicted molar refractivity (Wildman–Crippen MR) is 96.8 cm³/mol. The second kappa shape index (κ2) is 6.97. The number of benzene rings is 1. The normalized spacial score (nSPS) is 11.0. The first-order chi connectivity index (χ1) is 12.0. The molecule has 5 nitrogen and oxygen atoms in total. The average Bonchev–Trinajstić information content (AvgIpc) is 3.14. The number of ketones is 1. The SMILES string of the molecule is Cc1cc(C(=O)COC(=O)CCc2c[nH]c3ccccc23)c(C)n1C. The number of H-pyrrole nitrogens is 1. The van der Waals surface area contributed by atoms with Gasteiger partial charge in [-0.05, 0) is 38.0 Å². The smallest absolute Gasteiger partial charge is 0.306 e. The lowest BCUT2D eigenvalue weighted by atomic mass is 10.1. The molecule has 0 aliphatic heterocycles. The molecule has 0 fully saturated rings. The Morgan fingerprint density at radius 3 is 2.68 bits per heavy atom. The predicted octanol–water partition coefficient (Wildman–Crippen LogP) is 3.48. The molecular formula is C20H22N2O3. The molecule has 0 atom stereocenters. The number of nitrogens with zero attached hydrogens (tertiary/aromatic N) is 1. The first-order valence-corrected chi connectivity index (χ1v) is 8.34. The number of ether oxygens (including phenoxy) is 1. The van der Waals surface area contributed by atoms with Crippen LogP contribution in [0, 0.1) is 13.8 Å². The lowest BCUT2D eigenvalue weighted by Gasteiger charge is -2.05. The molecule has 2 aromatic heterocycles. The van der Waals surface area contributed by atoms with Crippen molar-refractivity contribution >= 4 is 22.7 Å². The van der Waals surface area contributed by atoms with Crippen LogP contribution in [0.4, 0.5) is 0 Å². The number of hydrogen-bond donors (Lipinski definition) is 1. The molecule has 0 saturated carbocycles. The third-order valence-corrected chi connectivity index (χ3v) is 4.71. The number of aromatic nitrogens is 2. The number of aromatic amines is 1. The molecule has 1 aromatic carbocycles. The number of carbonyl (C=O) groups is 2. The van der Waals surface area contributed by atoms with E-state index in [0.29, 0.717) is 12.0 Å². The summed E-state index contributed by atoms with van der Waals surface area (Å²) in [6.45, 7) is 3.62. The largest absolute Gasteiger partial charge is 0.457 e. The Hall–Kier alpha value is -2.82. The highest BCUT2D eigenvalue weighted by atomic mass is 16.5. The van der Waals surface area contributed by atoms with Gasteiger partial charge < -0.3 is 14.3 Å². The highest BCUT2D eigenvalue weighted by Crippen LogP contribution is 2.19. The van der Waals surface area contributed by atoms with Crippen molar-refractivity contribution < 1.29 is 14.3 Å². The van der Waals surface area contributed by atoms with Crippen molar-refractivity contribution in [3.8, 4) is 0 Å². The molecule has 3 aromatic rings. The van der Waals surface area contributed by atoms with Crippen molar-refractivity contribution in [2.75, 3.05) is 6.61 Å². The molecule has 130 valence electrons. The van der Waals surface area contributed by atoms with Crippen LogP contribution in [0.5, 0.6) is 0 Å². The molecular weight excluding hydrogens is 316 g/mol. The van der Waals surface area contributed by atoms with E-state index in [1.165, 1.54) is 0 Å². The van der Waals surface area contributed by atoms with Crippen molar-refractivity contribution in [2.24, 2.45) is 7.05 Å². The van der Waals surface area contributed by atoms with Gasteiger partial charge in [-0.1, -0.05) is 18.2 Å². The fourth-order valence-electron chi connectivity index (χ4n) is 3.01. The monoisotopic (exact) mass is 338 g/mol. The van der Waals surface area contributed by atoms with E-state index in [2.05, 4.69) is 4.98 Å². The maximum absolute atomic E-state index is 12.2. The number of fused-ring (bicyclic) bond motifs is 1. The molecule has 1 N–H and O–H groups in total. The van der Waals surface area contributed by atoms with Gasteiger partial charge in [0.25, 0.3) is 0 Å². The number of esters is 1. The lowest BCUT2D eigenvalue weighted by Crippen LogP contribution is -2.15. The van der Waals surface area contributed by atoms with Gasteiger partial charge in [-0.3, -0.25) is 9.59 Å². The summed E-state index contributed by atoms with van der Waals surface area (Å²) >= 11 is 0. The van der Waals surface area contributed by atoms with Crippen LogP contribution >= 0.6 is 0 Å². The van der Waals surface area contributed by atoms with Gasteiger partial charge in [0.2, 0.25) is 5.78 Å². The standard InChI is InChI=1S/C20H22N2O3/c1-13-10-17(14(2)22(13)3)19(23)12-25-20(24)9-8-15-11-21-18-7-5-4-6-16(15)18/h4-7,10-11,21H,8-9,12H2,1-3H3. The Bertz CT molecular complexity index is 934. The number of para-hydroxylation sites is 1. The van der Waals surface area contributed by atoms with Crippen LogP contribution < -0.4 is 0 Å². The Morgan fingerprint density at radius 1 is 1.20 bits per heavy atom. The minimum atomic E-state index is -0.357. The molecule has 0 bridgehead atoms. The van der Waals surface area contributed by atoms with Gasteiger partial charge >= 0.3 is 5.97 Å². The van der Waals surface area contributed by atoms with E-state index in [4.69, 9.17) is 4.74 Å². The number of carbonyl (C=O) groups excluding carboxylic acids is 2. The maximum atomic E-state index is 12.2. The zero-order valence-electron chi connectivity index (χ0n) is 14.8. The summed E-state index contributed by atoms with van der Waals surface area (Å²) in [5, 5.41) is 1.11. The van der Waals surface area contributed by atoms with E-state index < -0.39 is 0 Å². The van der Waals surface area contributed by atoms with E-state index in [1.54, 1.807) is 0 Å². The molecule has 5 heteroatoms. The van der Waals surface area contributed by atoms with Crippen LogP contribution in [0.25, 0.3) is 10.9 Å². The minimum Gasteiger partial charge on any atom is -0.457 e. The van der Waals surface area contributed by atoms with Gasteiger partial charge in [0.1, 0.15) is 0 Å². The van der Waals surface area contributed by atoms with Crippen LogP contribution in [-0.4, -0.2) is 27.9 Å². The zero-order chi connectivity index (χ0) is 18.0. The lowest BCUT2D eigenvalue weighted by molar-refractivity contribution is -0.142. The number of nitrogens with one attached hydrogen (secondary N) is 1. The van der Waals surface area contributed by atoms with Crippen LogP contribution in [-0.2, 0) is 23.0 Å². The fourth-order valence-corrected chi connectivity index (χ4v) is 3.01. The van der Waals surface area contributed by atoms with Crippen molar-refractivity contribution in [3.63, 3.8) is 0 Å². The van der Waals surface area contributed by atoms with Crippen LogP contribution in [0.3, 0.4) is 0 Å². The molecule has 0 spiro atoms. The summed E-state index contributed by atoms with van der Waals surface area (Å²) in [5.74, 6) is -0.523. The Balaban J connectivity index is 1.54. The van der Waals surface area contributed by atoms with Crippen molar-refractivity contribution in [3.05, 3.63) is 59.0 Å². The highest BCUT2D eigenvalue weighted by molar-refractivity contribution is 5.99. The molecule has 3 rings (SSSR count). The average molecular weight is 338 g/mol. The van der Waals surface area contributed by atoms with Gasteiger partial charge in [0, 0.05) is 47.5 Å². The minimum absolute atomic E-state index is 0.165. The second-order valence-corrected chi connectivity index (χ2v) is 6.29. The van der Waals surface area contributed by atoms with Gasteiger partial charge in [-0.25, -0.2) is 0 Å². The quantitative estimate of drug-likeness (QED) is 0.553. The number of rotatable bonds is 6. The maximum Gasteiger partial charge on any atom is 0.306 e. The van der Waals surface area contributed by atoms with Crippen LogP contribution in [0.15, 0.2) is 36.5 Å². The van der Waals surface area contributed by atoms with Gasteiger partial charge in [0.05, 0.1) is 0 Å². The molecule has 0 aliphatic carbocycles. The number of hydrogen-bond acceptors (Lipinski definition) is 3. The highest BCUT2D eigenvalue weighted by Gasteiger charge is 2.16. The topological polar surface area (TPSA) is 64.1 Å². The molecule has 0 amide bonds. The van der Waals surface area contributed by atoms with E-state index in [1.807, 2.05) is 62.0 Å². The van der Waals surface area contributed by atoms with E-state index in [0.717, 1.165) is 27.9 Å². The summed E-state index contributed by atoms with van der Waals surface area (Å²) in [5.41, 5.74) is 4.64. The summed E-state index contributed by atoms with van der Waals surface area (Å²) in [7, 11) is 1.91. The second-order valence-electron chi connectivity index (χ2n) is 6.29. The van der Waals surface area contributed by atoms with E-state index >= 15 is 0 Å². The third kappa shape index (κ3) is 3.50. The van der Waals surface area contributed by atoms with E-state index in [-0.39, 0.29) is 24.8 Å². The van der Waals surface area contributed by atoms with E-state index in [9.17, 15) is 9.59 Å². The number of aryl methyl sites for hydroxylation is 2. The Labute approximate surface area is 146 Å². The van der Waals surface area contributed by atoms with Crippen molar-refractivity contribution in [2.45, 2.75) is 26.7 Å². The molecule has 0 aliphatic rings. The first-order valence-electron chi connectivity index (χ1n) is 8.34. The van der Waals surface area contributed by atoms with Gasteiger partial charge in [0.15, 0.2) is 6.61 Å². The van der Waals surface area contributed by atoms with Gasteiger partial charge in [-0.15, -0.1) is 0 Å². The molecule has 25 heavy (non-hydrogen) atoms.